The summed E-state index contributed by atoms with van der Waals surface area (Å²) in [6.45, 7) is 1.68. The van der Waals surface area contributed by atoms with Crippen molar-refractivity contribution in [3.63, 3.8) is 0 Å². The lowest BCUT2D eigenvalue weighted by atomic mass is 10.1. The van der Waals surface area contributed by atoms with Crippen LogP contribution < -0.4 is 24.8 Å². The molecule has 0 radical (unpaired) electrons. The van der Waals surface area contributed by atoms with E-state index in [1.165, 1.54) is 28.1 Å². The van der Waals surface area contributed by atoms with Crippen molar-refractivity contribution in [2.45, 2.75) is 13.5 Å². The van der Waals surface area contributed by atoms with Gasteiger partial charge in [-0.15, -0.1) is 0 Å². The third-order valence-corrected chi connectivity index (χ3v) is 8.58. The molecule has 0 aliphatic carbocycles. The Morgan fingerprint density at radius 1 is 0.900 bits per heavy atom. The molecule has 0 aliphatic heterocycles. The summed E-state index contributed by atoms with van der Waals surface area (Å²) in [5.74, 6) is -0.156. The zero-order valence-electron chi connectivity index (χ0n) is 28.1. The van der Waals surface area contributed by atoms with Gasteiger partial charge in [0.25, 0.3) is 5.91 Å². The number of amides is 3. The highest BCUT2D eigenvalue weighted by molar-refractivity contribution is 6.38. The van der Waals surface area contributed by atoms with E-state index in [0.29, 0.717) is 38.9 Å². The summed E-state index contributed by atoms with van der Waals surface area (Å²) in [5.41, 5.74) is 4.30. The van der Waals surface area contributed by atoms with Crippen molar-refractivity contribution in [2.75, 3.05) is 49.4 Å². The molecule has 256 valence electrons. The molecule has 11 nitrogen and oxygen atoms in total. The highest BCUT2D eigenvalue weighted by atomic mass is 35.5. The van der Waals surface area contributed by atoms with Gasteiger partial charge in [-0.3, -0.25) is 24.3 Å². The minimum absolute atomic E-state index is 0.0338. The predicted octanol–water partition coefficient (Wildman–Crippen LogP) is 6.35. The van der Waals surface area contributed by atoms with Gasteiger partial charge in [-0.1, -0.05) is 47.5 Å². The maximum atomic E-state index is 13.1. The molecule has 0 bridgehead atoms. The second kappa shape index (κ2) is 15.8. The lowest BCUT2D eigenvalue weighted by molar-refractivity contribution is -0.122. The number of fused-ring (bicyclic) bond motifs is 1. The minimum Gasteiger partial charge on any atom is -0.487 e. The van der Waals surface area contributed by atoms with Crippen molar-refractivity contribution >= 4 is 75.1 Å². The summed E-state index contributed by atoms with van der Waals surface area (Å²) < 4.78 is 6.20. The van der Waals surface area contributed by atoms with E-state index in [1.807, 2.05) is 50.2 Å². The van der Waals surface area contributed by atoms with E-state index in [2.05, 4.69) is 15.3 Å². The molecule has 0 spiro atoms. The van der Waals surface area contributed by atoms with Crippen LogP contribution >= 0.6 is 23.2 Å². The molecule has 2 aromatic carbocycles. The lowest BCUT2D eigenvalue weighted by Crippen LogP contribution is -2.37. The van der Waals surface area contributed by atoms with Crippen LogP contribution in [0.4, 0.5) is 17.2 Å². The number of likely N-dealkylation sites (N-methyl/N-ethyl adjacent to an activating group) is 1. The van der Waals surface area contributed by atoms with Crippen LogP contribution in [0, 0.1) is 6.92 Å². The van der Waals surface area contributed by atoms with Crippen LogP contribution in [-0.4, -0.2) is 67.4 Å². The van der Waals surface area contributed by atoms with Gasteiger partial charge in [0.05, 0.1) is 17.3 Å². The van der Waals surface area contributed by atoms with Gasteiger partial charge in [0.2, 0.25) is 11.8 Å². The number of rotatable bonds is 11. The van der Waals surface area contributed by atoms with Crippen LogP contribution in [0.2, 0.25) is 10.0 Å². The molecule has 5 aromatic rings. The molecule has 5 rings (SSSR count). The molecule has 50 heavy (non-hydrogen) atoms. The van der Waals surface area contributed by atoms with Gasteiger partial charge in [0.1, 0.15) is 29.4 Å². The van der Waals surface area contributed by atoms with E-state index in [4.69, 9.17) is 32.9 Å². The maximum absolute atomic E-state index is 13.1. The summed E-state index contributed by atoms with van der Waals surface area (Å²) in [4.78, 5) is 56.2. The number of anilines is 3. The van der Waals surface area contributed by atoms with Gasteiger partial charge >= 0.3 is 0 Å². The summed E-state index contributed by atoms with van der Waals surface area (Å²) in [7, 11) is 7.12. The van der Waals surface area contributed by atoms with Crippen LogP contribution in [0.25, 0.3) is 17.0 Å². The molecule has 3 heterocycles. The minimum atomic E-state index is -0.491. The number of hydrogen-bond donors (Lipinski definition) is 1. The molecule has 0 aliphatic rings. The zero-order valence-corrected chi connectivity index (χ0v) is 29.7. The summed E-state index contributed by atoms with van der Waals surface area (Å²) >= 11 is 13.3. The smallest absolute Gasteiger partial charge is 0.277 e. The molecule has 3 amide bonds. The first-order valence-electron chi connectivity index (χ1n) is 15.5. The van der Waals surface area contributed by atoms with Crippen LogP contribution in [0.5, 0.6) is 5.75 Å². The van der Waals surface area contributed by atoms with Crippen LogP contribution in [-0.2, 0) is 16.2 Å². The Morgan fingerprint density at radius 2 is 1.70 bits per heavy atom. The fourth-order valence-corrected chi connectivity index (χ4v) is 5.65. The Hall–Kier alpha value is -5.52. The van der Waals surface area contributed by atoms with E-state index >= 15 is 0 Å². The van der Waals surface area contributed by atoms with Crippen molar-refractivity contribution in [3.05, 3.63) is 118 Å². The number of halogens is 2. The number of pyridine rings is 3. The fourth-order valence-electron chi connectivity index (χ4n) is 5.05. The number of nitrogens with one attached hydrogen (secondary N) is 1. The van der Waals surface area contributed by atoms with Crippen molar-refractivity contribution in [1.82, 2.24) is 20.3 Å². The van der Waals surface area contributed by atoms with E-state index in [0.717, 1.165) is 16.8 Å². The number of benzene rings is 2. The average Bonchev–Trinajstić information content (AvgIpc) is 3.12. The topological polar surface area (TPSA) is 121 Å². The Bertz CT molecular complexity index is 2070. The first-order chi connectivity index (χ1) is 23.9. The van der Waals surface area contributed by atoms with E-state index < -0.39 is 11.8 Å². The second-order valence-electron chi connectivity index (χ2n) is 11.5. The largest absolute Gasteiger partial charge is 0.487 e. The quantitative estimate of drug-likeness (QED) is 0.157. The van der Waals surface area contributed by atoms with Gasteiger partial charge in [-0.05, 0) is 61.0 Å². The van der Waals surface area contributed by atoms with Gasteiger partial charge in [0.15, 0.2) is 0 Å². The first kappa shape index (κ1) is 35.8. The normalized spacial score (nSPS) is 11.0. The third kappa shape index (κ3) is 8.19. The van der Waals surface area contributed by atoms with Crippen molar-refractivity contribution in [1.29, 1.82) is 0 Å². The molecule has 13 heteroatoms. The number of hydrogen-bond acceptors (Lipinski definition) is 8. The monoisotopic (exact) mass is 711 g/mol. The molecule has 0 saturated carbocycles. The highest BCUT2D eigenvalue weighted by Gasteiger charge is 2.20. The number of ether oxygens (including phenoxy) is 1. The van der Waals surface area contributed by atoms with Gasteiger partial charge in [-0.25, -0.2) is 9.97 Å². The molecular formula is C37H35Cl2N7O4. The highest BCUT2D eigenvalue weighted by Crippen LogP contribution is 2.36. The number of carbonyl (C=O) groups is 3. The Labute approximate surface area is 300 Å². The second-order valence-corrected chi connectivity index (χ2v) is 12.3. The average molecular weight is 713 g/mol. The zero-order chi connectivity index (χ0) is 35.9. The number of carbonyl (C=O) groups excluding carboxylic acids is 3. The van der Waals surface area contributed by atoms with Crippen LogP contribution in [0.1, 0.15) is 27.3 Å². The van der Waals surface area contributed by atoms with Crippen LogP contribution in [0.15, 0.2) is 85.2 Å². The van der Waals surface area contributed by atoms with Crippen molar-refractivity contribution in [3.8, 4) is 5.75 Å². The molecule has 0 saturated heterocycles. The lowest BCUT2D eigenvalue weighted by Gasteiger charge is -2.21. The summed E-state index contributed by atoms with van der Waals surface area (Å²) in [6, 6.07) is 19.5. The van der Waals surface area contributed by atoms with Gasteiger partial charge in [-0.2, -0.15) is 0 Å². The molecule has 0 unspecified atom stereocenters. The molecule has 0 fully saturated rings. The Kier molecular flexibility index (Phi) is 11.3. The third-order valence-electron chi connectivity index (χ3n) is 7.81. The van der Waals surface area contributed by atoms with Crippen LogP contribution in [0.3, 0.4) is 0 Å². The molecular weight excluding hydrogens is 677 g/mol. The summed E-state index contributed by atoms with van der Waals surface area (Å²) in [6.07, 6.45) is 5.89. The van der Waals surface area contributed by atoms with Gasteiger partial charge < -0.3 is 19.9 Å². The molecule has 1 N–H and O–H groups in total. The van der Waals surface area contributed by atoms with Crippen molar-refractivity contribution in [2.24, 2.45) is 0 Å². The molecule has 0 atom stereocenters. The van der Waals surface area contributed by atoms with E-state index in [9.17, 15) is 14.4 Å². The summed E-state index contributed by atoms with van der Waals surface area (Å²) in [5, 5.41) is 4.15. The van der Waals surface area contributed by atoms with E-state index in [-0.39, 0.29) is 29.8 Å². The fraction of sp³-hybridized carbons (Fsp3) is 0.189. The van der Waals surface area contributed by atoms with Crippen molar-refractivity contribution < 1.29 is 19.1 Å². The first-order valence-corrected chi connectivity index (χ1v) is 16.2. The number of aromatic nitrogens is 3. The van der Waals surface area contributed by atoms with Gasteiger partial charge in [0, 0.05) is 74.0 Å². The SMILES string of the molecule is Cc1cc(N(C)C)c2cccc(OCc3c(Cl)ccc(N(C)C(=O)CNC(=O)C=Cc4ccc(C(=O)N(C)c5ccccn5)nc4)c3Cl)c2n1. The standard InChI is InChI=1S/C37H35Cl2N7O4/c1-23-19-30(44(2)3)25-9-8-10-31(36(25)43-23)50-22-26-27(38)14-16-29(35(26)39)45(4)34(48)21-42-33(47)17-13-24-12-15-28(41-20-24)37(49)46(5)32-11-6-7-18-40-32/h6-20H,21-22H2,1-5H3,(H,42,47). The number of para-hydroxylation sites is 1. The number of aryl methyl sites for hydroxylation is 1. The maximum Gasteiger partial charge on any atom is 0.277 e. The van der Waals surface area contributed by atoms with E-state index in [1.54, 1.807) is 62.8 Å². The molecule has 3 aromatic heterocycles. The Balaban J connectivity index is 1.19. The number of nitrogens with zero attached hydrogens (tertiary/aromatic N) is 6. The predicted molar refractivity (Wildman–Crippen MR) is 198 cm³/mol. The Morgan fingerprint density at radius 3 is 2.40 bits per heavy atom.